The number of pyridine rings is 1. The van der Waals surface area contributed by atoms with E-state index in [1.165, 1.54) is 5.56 Å². The van der Waals surface area contributed by atoms with Crippen LogP contribution < -0.4 is 14.4 Å². The SMILES string of the molecule is COc1ccc(Cn2cnc3c(N4CCOCC4)cc(-c4ccn(-c5cccc(C)c5)n4)nc32)c(OC)c1. The Labute approximate surface area is 221 Å². The van der Waals surface area contributed by atoms with Crippen molar-refractivity contribution in [3.8, 4) is 28.6 Å². The van der Waals surface area contributed by atoms with Crippen LogP contribution >= 0.6 is 0 Å². The van der Waals surface area contributed by atoms with Crippen LogP contribution in [0.4, 0.5) is 5.69 Å². The van der Waals surface area contributed by atoms with Crippen molar-refractivity contribution < 1.29 is 14.2 Å². The number of imidazole rings is 1. The van der Waals surface area contributed by atoms with Crippen LogP contribution in [0.3, 0.4) is 0 Å². The highest BCUT2D eigenvalue weighted by Gasteiger charge is 2.21. The molecule has 0 radical (unpaired) electrons. The summed E-state index contributed by atoms with van der Waals surface area (Å²) in [5, 5.41) is 4.88. The maximum atomic E-state index is 5.64. The summed E-state index contributed by atoms with van der Waals surface area (Å²) in [5.74, 6) is 1.51. The standard InChI is InChI=1S/C29H30N6O3/c1-20-5-4-6-22(15-20)35-10-9-24(32-35)25-17-26(33-11-13-38-14-12-33)28-29(31-25)34(19-30-28)18-21-7-8-23(36-2)16-27(21)37-3/h4-10,15-17,19H,11-14,18H2,1-3H3. The molecule has 9 nitrogen and oxygen atoms in total. The average Bonchev–Trinajstić information content (AvgIpc) is 3.61. The van der Waals surface area contributed by atoms with E-state index in [9.17, 15) is 0 Å². The van der Waals surface area contributed by atoms with Crippen LogP contribution in [-0.2, 0) is 11.3 Å². The van der Waals surface area contributed by atoms with Crippen LogP contribution in [0, 0.1) is 6.92 Å². The van der Waals surface area contributed by atoms with Crippen LogP contribution in [0.15, 0.2) is 67.1 Å². The number of rotatable bonds is 7. The molecule has 0 saturated carbocycles. The first-order valence-electron chi connectivity index (χ1n) is 12.7. The highest BCUT2D eigenvalue weighted by molar-refractivity contribution is 5.89. The van der Waals surface area contributed by atoms with Crippen molar-refractivity contribution in [2.75, 3.05) is 45.4 Å². The Morgan fingerprint density at radius 3 is 2.61 bits per heavy atom. The van der Waals surface area contributed by atoms with Crippen LogP contribution in [0.5, 0.6) is 11.5 Å². The number of aromatic nitrogens is 5. The number of hydrogen-bond acceptors (Lipinski definition) is 7. The van der Waals surface area contributed by atoms with Gasteiger partial charge < -0.3 is 23.7 Å². The molecule has 0 bridgehead atoms. The van der Waals surface area contributed by atoms with Gasteiger partial charge in [-0.15, -0.1) is 0 Å². The zero-order valence-electron chi connectivity index (χ0n) is 21.8. The summed E-state index contributed by atoms with van der Waals surface area (Å²) in [5.41, 5.74) is 7.52. The molecule has 9 heteroatoms. The number of benzene rings is 2. The molecule has 194 valence electrons. The highest BCUT2D eigenvalue weighted by Crippen LogP contribution is 2.32. The Balaban J connectivity index is 1.44. The number of anilines is 1. The van der Waals surface area contributed by atoms with Crippen molar-refractivity contribution in [3.63, 3.8) is 0 Å². The Hall–Kier alpha value is -4.37. The van der Waals surface area contributed by atoms with Gasteiger partial charge in [0.25, 0.3) is 0 Å². The fourth-order valence-corrected chi connectivity index (χ4v) is 4.85. The number of ether oxygens (including phenoxy) is 3. The van der Waals surface area contributed by atoms with Gasteiger partial charge in [0, 0.05) is 30.9 Å². The van der Waals surface area contributed by atoms with Gasteiger partial charge in [-0.2, -0.15) is 5.10 Å². The van der Waals surface area contributed by atoms with E-state index in [1.54, 1.807) is 14.2 Å². The van der Waals surface area contributed by atoms with E-state index in [4.69, 9.17) is 29.3 Å². The van der Waals surface area contributed by atoms with Crippen LogP contribution in [0.1, 0.15) is 11.1 Å². The molecule has 0 spiro atoms. The molecule has 0 N–H and O–H groups in total. The van der Waals surface area contributed by atoms with E-state index in [0.717, 1.165) is 64.1 Å². The molecular formula is C29H30N6O3. The topological polar surface area (TPSA) is 79.5 Å². The van der Waals surface area contributed by atoms with E-state index in [2.05, 4.69) is 40.7 Å². The lowest BCUT2D eigenvalue weighted by molar-refractivity contribution is 0.123. The Morgan fingerprint density at radius 2 is 1.82 bits per heavy atom. The molecular weight excluding hydrogens is 480 g/mol. The molecule has 0 atom stereocenters. The van der Waals surface area contributed by atoms with Gasteiger partial charge in [0.05, 0.1) is 57.4 Å². The lowest BCUT2D eigenvalue weighted by atomic mass is 10.2. The van der Waals surface area contributed by atoms with E-state index >= 15 is 0 Å². The zero-order chi connectivity index (χ0) is 26.1. The summed E-state index contributed by atoms with van der Waals surface area (Å²) < 4.78 is 20.6. The van der Waals surface area contributed by atoms with Crippen molar-refractivity contribution in [2.45, 2.75) is 13.5 Å². The average molecular weight is 511 g/mol. The molecule has 0 amide bonds. The zero-order valence-corrected chi connectivity index (χ0v) is 21.8. The normalized spacial score (nSPS) is 13.7. The van der Waals surface area contributed by atoms with Gasteiger partial charge in [-0.25, -0.2) is 14.6 Å². The van der Waals surface area contributed by atoms with E-state index in [1.807, 2.05) is 47.5 Å². The molecule has 1 fully saturated rings. The van der Waals surface area contributed by atoms with E-state index < -0.39 is 0 Å². The van der Waals surface area contributed by atoms with Gasteiger partial charge in [-0.1, -0.05) is 12.1 Å². The fraction of sp³-hybridized carbons (Fsp3) is 0.276. The minimum Gasteiger partial charge on any atom is -0.497 e. The van der Waals surface area contributed by atoms with Crippen molar-refractivity contribution in [1.29, 1.82) is 0 Å². The molecule has 6 rings (SSSR count). The first-order valence-corrected chi connectivity index (χ1v) is 12.7. The Kier molecular flexibility index (Phi) is 6.43. The van der Waals surface area contributed by atoms with Crippen molar-refractivity contribution in [3.05, 3.63) is 78.2 Å². The number of nitrogens with zero attached hydrogens (tertiary/aromatic N) is 6. The first-order chi connectivity index (χ1) is 18.6. The van der Waals surface area contributed by atoms with Gasteiger partial charge in [-0.3, -0.25) is 0 Å². The van der Waals surface area contributed by atoms with Crippen molar-refractivity contribution >= 4 is 16.9 Å². The van der Waals surface area contributed by atoms with Gasteiger partial charge in [-0.05, 0) is 48.9 Å². The summed E-state index contributed by atoms with van der Waals surface area (Å²) in [6.45, 7) is 5.61. The molecule has 5 aromatic rings. The lowest BCUT2D eigenvalue weighted by Crippen LogP contribution is -2.36. The van der Waals surface area contributed by atoms with Gasteiger partial charge in [0.1, 0.15) is 22.7 Å². The van der Waals surface area contributed by atoms with Crippen LogP contribution in [-0.4, -0.2) is 64.8 Å². The van der Waals surface area contributed by atoms with Gasteiger partial charge in [0.2, 0.25) is 0 Å². The maximum Gasteiger partial charge on any atom is 0.162 e. The quantitative estimate of drug-likeness (QED) is 0.319. The van der Waals surface area contributed by atoms with Crippen LogP contribution in [0.2, 0.25) is 0 Å². The molecule has 38 heavy (non-hydrogen) atoms. The van der Waals surface area contributed by atoms with Crippen molar-refractivity contribution in [2.24, 2.45) is 0 Å². The summed E-state index contributed by atoms with van der Waals surface area (Å²) in [4.78, 5) is 12.2. The van der Waals surface area contributed by atoms with Gasteiger partial charge in [0.15, 0.2) is 5.65 Å². The number of hydrogen-bond donors (Lipinski definition) is 0. The molecule has 1 saturated heterocycles. The largest absolute Gasteiger partial charge is 0.497 e. The highest BCUT2D eigenvalue weighted by atomic mass is 16.5. The summed E-state index contributed by atoms with van der Waals surface area (Å²) in [6.07, 6.45) is 3.82. The maximum absolute atomic E-state index is 5.64. The molecule has 3 aromatic heterocycles. The third kappa shape index (κ3) is 4.56. The number of fused-ring (bicyclic) bond motifs is 1. The first kappa shape index (κ1) is 24.0. The predicted octanol–water partition coefficient (Wildman–Crippen LogP) is 4.49. The minimum atomic E-state index is 0.556. The lowest BCUT2D eigenvalue weighted by Gasteiger charge is -2.29. The summed E-state index contributed by atoms with van der Waals surface area (Å²) in [7, 11) is 3.32. The second kappa shape index (κ2) is 10.2. The van der Waals surface area contributed by atoms with Gasteiger partial charge >= 0.3 is 0 Å². The Morgan fingerprint density at radius 1 is 0.947 bits per heavy atom. The molecule has 1 aliphatic heterocycles. The number of methoxy groups -OCH3 is 2. The minimum absolute atomic E-state index is 0.556. The molecule has 0 unspecified atom stereocenters. The fourth-order valence-electron chi connectivity index (χ4n) is 4.85. The second-order valence-corrected chi connectivity index (χ2v) is 9.33. The van der Waals surface area contributed by atoms with E-state index in [-0.39, 0.29) is 0 Å². The predicted molar refractivity (Wildman–Crippen MR) is 147 cm³/mol. The third-order valence-electron chi connectivity index (χ3n) is 6.86. The number of morpholine rings is 1. The smallest absolute Gasteiger partial charge is 0.162 e. The third-order valence-corrected chi connectivity index (χ3v) is 6.86. The Bertz CT molecular complexity index is 1580. The molecule has 4 heterocycles. The summed E-state index contributed by atoms with van der Waals surface area (Å²) in [6, 6.07) is 18.2. The van der Waals surface area contributed by atoms with E-state index in [0.29, 0.717) is 19.8 Å². The molecule has 2 aromatic carbocycles. The second-order valence-electron chi connectivity index (χ2n) is 9.33. The molecule has 0 aliphatic carbocycles. The summed E-state index contributed by atoms with van der Waals surface area (Å²) >= 11 is 0. The monoisotopic (exact) mass is 510 g/mol. The molecule has 1 aliphatic rings. The number of aryl methyl sites for hydroxylation is 1. The van der Waals surface area contributed by atoms with Crippen LogP contribution in [0.25, 0.3) is 28.2 Å². The van der Waals surface area contributed by atoms with Crippen molar-refractivity contribution in [1.82, 2.24) is 24.3 Å².